The molecule has 10 amide bonds. The summed E-state index contributed by atoms with van der Waals surface area (Å²) >= 11 is 0. The van der Waals surface area contributed by atoms with Gasteiger partial charge in [0, 0.05) is 59.0 Å². The standard InChI is InChI=1S/C50H76N8O24P4S4/c1-11-81-31-19-25-38-37-26(46(66)57(47(67)39(31)37)29(43(63)51-9)15-13-17-53-41(61)27(23-87-89-49(3,4)5)55-33(59)21-35(83(69,70)71)84(72,73)74)20-32(82-12-2)40(38)48(68)58(45(25)65)30(44(64)52-10)16-14-18-54-42(62)28(24-88-90-50(6,7)8)56-34(60)22-36(85(75,76)77)86(78,79)80/h19-20,27-30,35-36H,11-18,21-24H2,1-10H3,(H,51,63)(H,52,64)(H,53,61)(H,54,62)(H,55,59)(H,56,60)(H2,69,70,71)(H2,72,73,74)(H2,75,76,77)(H2,78,79,80)/t27-,28-,29+,30+/m0/s1. The Hall–Kier alpha value is -4.60. The minimum Gasteiger partial charge on any atom is -0.493 e. The van der Waals surface area contributed by atoms with Crippen LogP contribution in [0.5, 0.6) is 11.5 Å². The number of ether oxygens (including phenoxy) is 2. The molecule has 504 valence electrons. The predicted octanol–water partition coefficient (Wildman–Crippen LogP) is 2.32. The SMILES string of the molecule is CCOc1cc2c3c(c(OCC)cc4c3c1C(=O)N([C@H](CCCNC(=O)[C@H](CSSC(C)(C)C)NC(=O)CC(P(=O)(O)O)P(=O)(O)O)C(=O)NC)C4=O)C(=O)N([C@H](CCCNC(=O)[C@H](CSSC(C)(C)C)NC(=O)CC(P(=O)(O)O)P(=O)(O)O)C(=O)NC)C2=O. The zero-order valence-corrected chi connectivity index (χ0v) is 57.4. The Balaban J connectivity index is 1.67. The fourth-order valence-electron chi connectivity index (χ4n) is 9.12. The topological polar surface area (TPSA) is 498 Å². The maximum Gasteiger partial charge on any atom is 0.341 e. The molecule has 4 rings (SSSR count). The van der Waals surface area contributed by atoms with Crippen LogP contribution in [-0.4, -0.2) is 204 Å². The highest BCUT2D eigenvalue weighted by Crippen LogP contribution is 2.62. The summed E-state index contributed by atoms with van der Waals surface area (Å²) in [5.74, 6) is -11.2. The van der Waals surface area contributed by atoms with E-state index >= 15 is 9.59 Å². The summed E-state index contributed by atoms with van der Waals surface area (Å²) in [6, 6.07) is -3.85. The lowest BCUT2D eigenvalue weighted by molar-refractivity contribution is -0.128. The van der Waals surface area contributed by atoms with E-state index in [0.717, 1.165) is 33.7 Å². The Labute approximate surface area is 533 Å². The molecular weight excluding hydrogens is 1350 g/mol. The van der Waals surface area contributed by atoms with E-state index in [-0.39, 0.29) is 118 Å². The molecular formula is C50H76N8O24P4S4. The number of imide groups is 2. The number of hydrogen-bond donors (Lipinski definition) is 14. The summed E-state index contributed by atoms with van der Waals surface area (Å²) in [5, 5.41) is 8.68. The normalized spacial score (nSPS) is 15.3. The molecule has 0 bridgehead atoms. The molecule has 0 fully saturated rings. The minimum absolute atomic E-state index is 0.143. The summed E-state index contributed by atoms with van der Waals surface area (Å²) in [5.41, 5.74) is -1.33. The Bertz CT molecular complexity index is 3050. The summed E-state index contributed by atoms with van der Waals surface area (Å²) in [7, 11) is -14.7. The predicted molar refractivity (Wildman–Crippen MR) is 336 cm³/mol. The number of carbonyl (C=O) groups is 10. The highest BCUT2D eigenvalue weighted by atomic mass is 33.1. The van der Waals surface area contributed by atoms with Gasteiger partial charge in [-0.15, -0.1) is 0 Å². The molecule has 0 saturated carbocycles. The molecule has 2 aromatic carbocycles. The highest BCUT2D eigenvalue weighted by Gasteiger charge is 2.50. The molecule has 2 aliphatic rings. The van der Waals surface area contributed by atoms with E-state index in [9.17, 15) is 95.8 Å². The average Bonchev–Trinajstić information content (AvgIpc) is 0.786. The van der Waals surface area contributed by atoms with Gasteiger partial charge in [-0.05, 0) is 51.7 Å². The third-order valence-corrected chi connectivity index (χ3v) is 27.1. The highest BCUT2D eigenvalue weighted by molar-refractivity contribution is 8.77. The Morgan fingerprint density at radius 2 is 0.833 bits per heavy atom. The Kier molecular flexibility index (Phi) is 27.7. The van der Waals surface area contributed by atoms with Crippen LogP contribution in [-0.2, 0) is 47.0 Å². The van der Waals surface area contributed by atoms with Gasteiger partial charge in [-0.2, -0.15) is 0 Å². The van der Waals surface area contributed by atoms with Gasteiger partial charge < -0.3 is 80.5 Å². The van der Waals surface area contributed by atoms with Gasteiger partial charge in [0.2, 0.25) is 35.4 Å². The number of amides is 10. The van der Waals surface area contributed by atoms with Gasteiger partial charge in [0.15, 0.2) is 10.8 Å². The second-order valence-corrected chi connectivity index (χ2v) is 36.6. The molecule has 4 atom stereocenters. The summed E-state index contributed by atoms with van der Waals surface area (Å²) in [4.78, 5) is 219. The third kappa shape index (κ3) is 20.7. The summed E-state index contributed by atoms with van der Waals surface area (Å²) in [6.45, 7) is 13.4. The van der Waals surface area contributed by atoms with Crippen LogP contribution in [0.3, 0.4) is 0 Å². The fraction of sp³-hybridized carbons (Fsp3) is 0.600. The van der Waals surface area contributed by atoms with E-state index in [0.29, 0.717) is 9.80 Å². The minimum atomic E-state index is -5.52. The van der Waals surface area contributed by atoms with E-state index < -0.39 is 137 Å². The van der Waals surface area contributed by atoms with E-state index in [1.807, 2.05) is 41.5 Å². The molecule has 2 aromatic rings. The van der Waals surface area contributed by atoms with Crippen molar-refractivity contribution in [3.05, 3.63) is 34.4 Å². The van der Waals surface area contributed by atoms with Crippen molar-refractivity contribution in [1.82, 2.24) is 41.7 Å². The van der Waals surface area contributed by atoms with E-state index in [2.05, 4.69) is 31.9 Å². The maximum absolute atomic E-state index is 15.0. The van der Waals surface area contributed by atoms with Gasteiger partial charge in [-0.25, -0.2) is 0 Å². The summed E-state index contributed by atoms with van der Waals surface area (Å²) < 4.78 is 58.9. The third-order valence-electron chi connectivity index (χ3n) is 13.0. The number of nitrogens with zero attached hydrogens (tertiary/aromatic N) is 2. The number of likely N-dealkylation sites (N-methyl/N-ethyl adjacent to an activating group) is 2. The van der Waals surface area contributed by atoms with Crippen LogP contribution in [0, 0.1) is 0 Å². The van der Waals surface area contributed by atoms with E-state index in [1.165, 1.54) is 49.5 Å². The molecule has 0 radical (unpaired) electrons. The molecule has 0 unspecified atom stereocenters. The van der Waals surface area contributed by atoms with Crippen molar-refractivity contribution in [2.24, 2.45) is 0 Å². The molecule has 40 heteroatoms. The second-order valence-electron chi connectivity index (χ2n) is 22.2. The van der Waals surface area contributed by atoms with Gasteiger partial charge in [0.05, 0.1) is 48.3 Å². The van der Waals surface area contributed by atoms with Crippen molar-refractivity contribution >= 4 is 143 Å². The largest absolute Gasteiger partial charge is 0.493 e. The number of hydrogen-bond acceptors (Lipinski definition) is 20. The lowest BCUT2D eigenvalue weighted by Crippen LogP contribution is -2.55. The van der Waals surface area contributed by atoms with Gasteiger partial charge in [0.25, 0.3) is 23.6 Å². The van der Waals surface area contributed by atoms with E-state index in [1.54, 1.807) is 0 Å². The molecule has 0 saturated heterocycles. The Morgan fingerprint density at radius 1 is 0.522 bits per heavy atom. The quantitative estimate of drug-likeness (QED) is 0.0207. The number of benzene rings is 2. The first-order valence-electron chi connectivity index (χ1n) is 27.5. The molecule has 2 heterocycles. The van der Waals surface area contributed by atoms with Crippen molar-refractivity contribution in [2.45, 2.75) is 138 Å². The second kappa shape index (κ2) is 32.0. The van der Waals surface area contributed by atoms with Crippen LogP contribution < -0.4 is 41.4 Å². The molecule has 0 spiro atoms. The first kappa shape index (κ1) is 77.8. The lowest BCUT2D eigenvalue weighted by atomic mass is 9.83. The van der Waals surface area contributed by atoms with Gasteiger partial charge in [-0.1, -0.05) is 84.7 Å². The van der Waals surface area contributed by atoms with Gasteiger partial charge in [-0.3, -0.25) is 76.0 Å². The molecule has 90 heavy (non-hydrogen) atoms. The van der Waals surface area contributed by atoms with Crippen LogP contribution in [0.4, 0.5) is 0 Å². The number of nitrogens with one attached hydrogen (secondary N) is 6. The molecule has 2 aliphatic heterocycles. The first-order chi connectivity index (χ1) is 41.4. The van der Waals surface area contributed by atoms with Crippen LogP contribution in [0.25, 0.3) is 10.8 Å². The van der Waals surface area contributed by atoms with Crippen LogP contribution in [0.15, 0.2) is 12.1 Å². The first-order valence-corrected chi connectivity index (χ1v) is 38.9. The fourth-order valence-corrected chi connectivity index (χ4v) is 18.8. The zero-order chi connectivity index (χ0) is 68.4. The molecule has 14 N–H and O–H groups in total. The average molecular weight is 1430 g/mol. The molecule has 0 aromatic heterocycles. The smallest absolute Gasteiger partial charge is 0.341 e. The van der Waals surface area contributed by atoms with E-state index in [4.69, 9.17) is 9.47 Å². The van der Waals surface area contributed by atoms with Crippen molar-refractivity contribution in [3.63, 3.8) is 0 Å². The number of rotatable bonds is 34. The van der Waals surface area contributed by atoms with Gasteiger partial charge >= 0.3 is 30.4 Å². The zero-order valence-electron chi connectivity index (χ0n) is 50.5. The van der Waals surface area contributed by atoms with Crippen LogP contribution >= 0.6 is 73.6 Å². The van der Waals surface area contributed by atoms with Crippen molar-refractivity contribution < 1.29 is 115 Å². The monoisotopic (exact) mass is 1420 g/mol. The maximum atomic E-state index is 15.0. The molecule has 32 nitrogen and oxygen atoms in total. The van der Waals surface area contributed by atoms with Crippen LogP contribution in [0.2, 0.25) is 0 Å². The van der Waals surface area contributed by atoms with Crippen molar-refractivity contribution in [2.75, 3.05) is 51.9 Å². The van der Waals surface area contributed by atoms with Gasteiger partial charge in [0.1, 0.15) is 35.7 Å². The Morgan fingerprint density at radius 3 is 1.10 bits per heavy atom. The lowest BCUT2D eigenvalue weighted by Gasteiger charge is -2.37. The van der Waals surface area contributed by atoms with Crippen LogP contribution in [0.1, 0.15) is 135 Å². The summed E-state index contributed by atoms with van der Waals surface area (Å²) in [6.07, 6.45) is -3.64. The number of carbonyl (C=O) groups excluding carboxylic acids is 10. The van der Waals surface area contributed by atoms with Crippen molar-refractivity contribution in [3.8, 4) is 11.5 Å². The van der Waals surface area contributed by atoms with Crippen molar-refractivity contribution in [1.29, 1.82) is 0 Å². The molecule has 0 aliphatic carbocycles.